The molecule has 0 bridgehead atoms. The molecule has 1 N–H and O–H groups in total. The highest BCUT2D eigenvalue weighted by atomic mass is 16.5. The Morgan fingerprint density at radius 3 is 2.70 bits per heavy atom. The molecule has 4 heteroatoms. The lowest BCUT2D eigenvalue weighted by Gasteiger charge is -2.37. The van der Waals surface area contributed by atoms with Crippen LogP contribution in [0.2, 0.25) is 0 Å². The summed E-state index contributed by atoms with van der Waals surface area (Å²) >= 11 is 0. The molecule has 20 heavy (non-hydrogen) atoms. The summed E-state index contributed by atoms with van der Waals surface area (Å²) in [4.78, 5) is 24.0. The highest BCUT2D eigenvalue weighted by Crippen LogP contribution is 2.35. The maximum Gasteiger partial charge on any atom is 0.318 e. The van der Waals surface area contributed by atoms with Crippen LogP contribution in [0.3, 0.4) is 0 Å². The van der Waals surface area contributed by atoms with Crippen LogP contribution < -0.4 is 5.32 Å². The van der Waals surface area contributed by atoms with Gasteiger partial charge in [0.15, 0.2) is 0 Å². The standard InChI is InChI=1S/C16H27NO3/c1-10(2)12-7-6-11(3)9-14(12)20-16(19)13-5-4-8-17-15(13)18/h10-14H,4-9H2,1-3H3,(H,17,18)/t11-,12?,13?,14?/m0/s1. The predicted molar refractivity (Wildman–Crippen MR) is 77.0 cm³/mol. The van der Waals surface area contributed by atoms with Crippen molar-refractivity contribution in [1.82, 2.24) is 5.32 Å². The molecule has 1 aliphatic carbocycles. The van der Waals surface area contributed by atoms with Crippen LogP contribution in [-0.2, 0) is 14.3 Å². The summed E-state index contributed by atoms with van der Waals surface area (Å²) < 4.78 is 5.75. The lowest BCUT2D eigenvalue weighted by molar-refractivity contribution is -0.164. The summed E-state index contributed by atoms with van der Waals surface area (Å²) in [6.07, 6.45) is 4.73. The van der Waals surface area contributed by atoms with Crippen molar-refractivity contribution in [2.45, 2.75) is 59.0 Å². The van der Waals surface area contributed by atoms with E-state index in [0.29, 0.717) is 30.7 Å². The molecule has 0 aromatic carbocycles. The van der Waals surface area contributed by atoms with E-state index in [4.69, 9.17) is 4.74 Å². The highest BCUT2D eigenvalue weighted by Gasteiger charge is 2.37. The van der Waals surface area contributed by atoms with E-state index < -0.39 is 5.92 Å². The minimum atomic E-state index is -0.589. The number of hydrogen-bond donors (Lipinski definition) is 1. The summed E-state index contributed by atoms with van der Waals surface area (Å²) in [6, 6.07) is 0. The van der Waals surface area contributed by atoms with E-state index in [0.717, 1.165) is 19.3 Å². The molecule has 0 aromatic heterocycles. The van der Waals surface area contributed by atoms with Crippen LogP contribution in [-0.4, -0.2) is 24.5 Å². The monoisotopic (exact) mass is 281 g/mol. The normalized spacial score (nSPS) is 34.7. The fourth-order valence-corrected chi connectivity index (χ4v) is 3.48. The van der Waals surface area contributed by atoms with Crippen LogP contribution in [0.1, 0.15) is 52.9 Å². The van der Waals surface area contributed by atoms with Gasteiger partial charge in [0.05, 0.1) is 0 Å². The van der Waals surface area contributed by atoms with Gasteiger partial charge < -0.3 is 10.1 Å². The van der Waals surface area contributed by atoms with Gasteiger partial charge in [-0.3, -0.25) is 9.59 Å². The summed E-state index contributed by atoms with van der Waals surface area (Å²) in [5.41, 5.74) is 0. The number of amides is 1. The molecule has 3 unspecified atom stereocenters. The number of carbonyl (C=O) groups excluding carboxylic acids is 2. The quantitative estimate of drug-likeness (QED) is 0.639. The second kappa shape index (κ2) is 6.59. The summed E-state index contributed by atoms with van der Waals surface area (Å²) in [6.45, 7) is 7.27. The van der Waals surface area contributed by atoms with Gasteiger partial charge in [-0.05, 0) is 43.4 Å². The molecule has 1 saturated heterocycles. The molecule has 4 nitrogen and oxygen atoms in total. The van der Waals surface area contributed by atoms with Gasteiger partial charge >= 0.3 is 5.97 Å². The largest absolute Gasteiger partial charge is 0.461 e. The van der Waals surface area contributed by atoms with E-state index in [9.17, 15) is 9.59 Å². The van der Waals surface area contributed by atoms with Crippen LogP contribution in [0.4, 0.5) is 0 Å². The van der Waals surface area contributed by atoms with Crippen molar-refractivity contribution in [3.05, 3.63) is 0 Å². The highest BCUT2D eigenvalue weighted by molar-refractivity contribution is 5.98. The third-order valence-electron chi connectivity index (χ3n) is 4.80. The molecule has 2 fully saturated rings. The Hall–Kier alpha value is -1.06. The summed E-state index contributed by atoms with van der Waals surface area (Å²) in [5, 5.41) is 2.75. The Bertz CT molecular complexity index is 367. The van der Waals surface area contributed by atoms with Crippen LogP contribution in [0.5, 0.6) is 0 Å². The molecule has 4 atom stereocenters. The van der Waals surface area contributed by atoms with Crippen LogP contribution in [0.15, 0.2) is 0 Å². The number of rotatable bonds is 3. The number of piperidine rings is 1. The van der Waals surface area contributed by atoms with Crippen LogP contribution in [0, 0.1) is 23.7 Å². The Kier molecular flexibility index (Phi) is 5.06. The van der Waals surface area contributed by atoms with E-state index in [1.807, 2.05) is 0 Å². The van der Waals surface area contributed by atoms with Gasteiger partial charge in [0.1, 0.15) is 12.0 Å². The molecule has 2 aliphatic rings. The fraction of sp³-hybridized carbons (Fsp3) is 0.875. The molecule has 0 aromatic rings. The maximum atomic E-state index is 12.3. The molecule has 1 amide bonds. The van der Waals surface area contributed by atoms with Gasteiger partial charge in [-0.25, -0.2) is 0 Å². The van der Waals surface area contributed by atoms with E-state index in [-0.39, 0.29) is 18.0 Å². The molecule has 0 radical (unpaired) electrons. The van der Waals surface area contributed by atoms with Crippen molar-refractivity contribution in [2.75, 3.05) is 6.54 Å². The molecule has 114 valence electrons. The third-order valence-corrected chi connectivity index (χ3v) is 4.80. The zero-order valence-corrected chi connectivity index (χ0v) is 12.9. The zero-order chi connectivity index (χ0) is 14.7. The van der Waals surface area contributed by atoms with Gasteiger partial charge in [-0.1, -0.05) is 27.2 Å². The van der Waals surface area contributed by atoms with Gasteiger partial charge in [0.25, 0.3) is 0 Å². The van der Waals surface area contributed by atoms with Crippen molar-refractivity contribution in [2.24, 2.45) is 23.7 Å². The van der Waals surface area contributed by atoms with Crippen molar-refractivity contribution >= 4 is 11.9 Å². The Balaban J connectivity index is 1.98. The number of carbonyl (C=O) groups is 2. The van der Waals surface area contributed by atoms with Crippen LogP contribution >= 0.6 is 0 Å². The van der Waals surface area contributed by atoms with E-state index in [1.54, 1.807) is 0 Å². The predicted octanol–water partition coefficient (Wildman–Crippen LogP) is 2.52. The Morgan fingerprint density at radius 1 is 1.30 bits per heavy atom. The van der Waals surface area contributed by atoms with Crippen LogP contribution in [0.25, 0.3) is 0 Å². The smallest absolute Gasteiger partial charge is 0.318 e. The molecular weight excluding hydrogens is 254 g/mol. The van der Waals surface area contributed by atoms with Gasteiger partial charge in [0.2, 0.25) is 5.91 Å². The van der Waals surface area contributed by atoms with Gasteiger partial charge in [0, 0.05) is 6.54 Å². The number of nitrogens with one attached hydrogen (secondary N) is 1. The number of hydrogen-bond acceptors (Lipinski definition) is 3. The third kappa shape index (κ3) is 3.53. The lowest BCUT2D eigenvalue weighted by atomic mass is 9.75. The average molecular weight is 281 g/mol. The van der Waals surface area contributed by atoms with E-state index in [1.165, 1.54) is 6.42 Å². The second-order valence-electron chi connectivity index (χ2n) is 6.79. The summed E-state index contributed by atoms with van der Waals surface area (Å²) in [7, 11) is 0. The summed E-state index contributed by atoms with van der Waals surface area (Å²) in [5.74, 6) is 0.484. The maximum absolute atomic E-state index is 12.3. The molecule has 1 saturated carbocycles. The molecule has 1 aliphatic heterocycles. The molecular formula is C16H27NO3. The molecule has 2 rings (SSSR count). The molecule has 0 spiro atoms. The fourth-order valence-electron chi connectivity index (χ4n) is 3.48. The first kappa shape index (κ1) is 15.3. The zero-order valence-electron chi connectivity index (χ0n) is 12.9. The minimum Gasteiger partial charge on any atom is -0.461 e. The number of esters is 1. The first-order valence-corrected chi connectivity index (χ1v) is 7.97. The Morgan fingerprint density at radius 2 is 2.05 bits per heavy atom. The van der Waals surface area contributed by atoms with Gasteiger partial charge in [-0.15, -0.1) is 0 Å². The molecule has 1 heterocycles. The topological polar surface area (TPSA) is 55.4 Å². The number of ether oxygens (including phenoxy) is 1. The van der Waals surface area contributed by atoms with E-state index >= 15 is 0 Å². The SMILES string of the molecule is CC(C)C1CC[C@H](C)CC1OC(=O)C1CCCNC1=O. The van der Waals surface area contributed by atoms with Crippen molar-refractivity contribution in [1.29, 1.82) is 0 Å². The minimum absolute atomic E-state index is 0.0130. The van der Waals surface area contributed by atoms with Gasteiger partial charge in [-0.2, -0.15) is 0 Å². The van der Waals surface area contributed by atoms with Crippen molar-refractivity contribution < 1.29 is 14.3 Å². The van der Waals surface area contributed by atoms with Crippen molar-refractivity contribution in [3.8, 4) is 0 Å². The first-order valence-electron chi connectivity index (χ1n) is 7.97. The van der Waals surface area contributed by atoms with E-state index in [2.05, 4.69) is 26.1 Å². The van der Waals surface area contributed by atoms with Crippen molar-refractivity contribution in [3.63, 3.8) is 0 Å². The first-order chi connectivity index (χ1) is 9.49. The second-order valence-corrected chi connectivity index (χ2v) is 6.79. The average Bonchev–Trinajstić information content (AvgIpc) is 2.38. The Labute approximate surface area is 121 Å². The lowest BCUT2D eigenvalue weighted by Crippen LogP contribution is -2.44.